The molecule has 0 bridgehead atoms. The van der Waals surface area contributed by atoms with Crippen molar-refractivity contribution in [3.8, 4) is 16.9 Å². The molecule has 1 aliphatic heterocycles. The Morgan fingerprint density at radius 2 is 1.58 bits per heavy atom. The van der Waals surface area contributed by atoms with Gasteiger partial charge in [0.15, 0.2) is 14.6 Å². The lowest BCUT2D eigenvalue weighted by Gasteiger charge is -2.39. The fourth-order valence-electron chi connectivity index (χ4n) is 3.99. The summed E-state index contributed by atoms with van der Waals surface area (Å²) < 4.78 is 35.9. The number of ether oxygens (including phenoxy) is 2. The normalized spacial score (nSPS) is 16.0. The number of carbonyl (C=O) groups excluding carboxylic acids is 1. The van der Waals surface area contributed by atoms with E-state index in [2.05, 4.69) is 4.90 Å². The minimum Gasteiger partial charge on any atom is -0.491 e. The molecule has 3 rings (SSSR count). The van der Waals surface area contributed by atoms with E-state index in [1.165, 1.54) is 12.1 Å². The van der Waals surface area contributed by atoms with Crippen molar-refractivity contribution in [1.29, 1.82) is 0 Å². The SMILES string of the molecule is CCN1CCC(C(=O)NO)(S(=O)(=O)c2ccc(-c3ccc(OCCOC)cc3)cc2)CC1.Cl. The molecule has 0 aromatic heterocycles. The fourth-order valence-corrected chi connectivity index (χ4v) is 5.94. The van der Waals surface area contributed by atoms with Crippen molar-refractivity contribution >= 4 is 28.2 Å². The van der Waals surface area contributed by atoms with Crippen molar-refractivity contribution in [3.63, 3.8) is 0 Å². The molecule has 0 atom stereocenters. The van der Waals surface area contributed by atoms with E-state index >= 15 is 0 Å². The van der Waals surface area contributed by atoms with Gasteiger partial charge in [-0.05, 0) is 54.8 Å². The second kappa shape index (κ2) is 11.8. The van der Waals surface area contributed by atoms with Crippen LogP contribution >= 0.6 is 12.4 Å². The van der Waals surface area contributed by atoms with Crippen molar-refractivity contribution in [2.24, 2.45) is 0 Å². The van der Waals surface area contributed by atoms with Gasteiger partial charge in [-0.3, -0.25) is 10.0 Å². The van der Waals surface area contributed by atoms with E-state index in [1.54, 1.807) is 24.7 Å². The highest BCUT2D eigenvalue weighted by molar-refractivity contribution is 7.93. The summed E-state index contributed by atoms with van der Waals surface area (Å²) >= 11 is 0. The van der Waals surface area contributed by atoms with Gasteiger partial charge in [0.2, 0.25) is 0 Å². The maximum Gasteiger partial charge on any atom is 0.265 e. The molecular formula is C23H31ClN2O6S. The quantitative estimate of drug-likeness (QED) is 0.311. The highest BCUT2D eigenvalue weighted by atomic mass is 35.5. The van der Waals surface area contributed by atoms with Crippen LogP contribution in [-0.2, 0) is 19.4 Å². The Balaban J connectivity index is 0.00000385. The number of amides is 1. The van der Waals surface area contributed by atoms with E-state index in [0.717, 1.165) is 23.4 Å². The summed E-state index contributed by atoms with van der Waals surface area (Å²) in [4.78, 5) is 14.7. The summed E-state index contributed by atoms with van der Waals surface area (Å²) in [6.45, 7) is 4.68. The smallest absolute Gasteiger partial charge is 0.265 e. The van der Waals surface area contributed by atoms with Crippen LogP contribution in [-0.4, -0.2) is 69.1 Å². The largest absolute Gasteiger partial charge is 0.491 e. The first-order valence-electron chi connectivity index (χ1n) is 10.6. The highest BCUT2D eigenvalue weighted by Gasteiger charge is 2.52. The Morgan fingerprint density at radius 1 is 1.03 bits per heavy atom. The summed E-state index contributed by atoms with van der Waals surface area (Å²) in [6, 6.07) is 14.0. The Hall–Kier alpha value is -2.17. The fraction of sp³-hybridized carbons (Fsp3) is 0.435. The number of likely N-dealkylation sites (tertiary alicyclic amines) is 1. The van der Waals surface area contributed by atoms with Gasteiger partial charge < -0.3 is 14.4 Å². The number of hydrogen-bond acceptors (Lipinski definition) is 7. The first-order chi connectivity index (χ1) is 15.4. The summed E-state index contributed by atoms with van der Waals surface area (Å²) in [5.74, 6) is -0.151. The van der Waals surface area contributed by atoms with E-state index in [0.29, 0.717) is 26.3 Å². The number of piperidine rings is 1. The van der Waals surface area contributed by atoms with Gasteiger partial charge in [0, 0.05) is 20.2 Å². The Morgan fingerprint density at radius 3 is 2.06 bits per heavy atom. The van der Waals surface area contributed by atoms with Crippen LogP contribution in [0.2, 0.25) is 0 Å². The molecule has 182 valence electrons. The first kappa shape index (κ1) is 27.1. The second-order valence-corrected chi connectivity index (χ2v) is 10.0. The lowest BCUT2D eigenvalue weighted by atomic mass is 9.95. The van der Waals surface area contributed by atoms with Gasteiger partial charge in [-0.25, -0.2) is 13.9 Å². The van der Waals surface area contributed by atoms with E-state index in [4.69, 9.17) is 9.47 Å². The van der Waals surface area contributed by atoms with Gasteiger partial charge in [-0.2, -0.15) is 0 Å². The van der Waals surface area contributed by atoms with Gasteiger partial charge in [-0.1, -0.05) is 31.2 Å². The molecule has 1 fully saturated rings. The van der Waals surface area contributed by atoms with Crippen LogP contribution in [0.5, 0.6) is 5.75 Å². The maximum atomic E-state index is 13.5. The molecule has 0 unspecified atom stereocenters. The number of methoxy groups -OCH3 is 1. The molecule has 0 radical (unpaired) electrons. The van der Waals surface area contributed by atoms with E-state index in [-0.39, 0.29) is 30.1 Å². The van der Waals surface area contributed by atoms with Gasteiger partial charge in [0.25, 0.3) is 5.91 Å². The Kier molecular flexibility index (Phi) is 9.69. The molecule has 0 aliphatic carbocycles. The minimum absolute atomic E-state index is 0. The zero-order valence-corrected chi connectivity index (χ0v) is 20.5. The van der Waals surface area contributed by atoms with Gasteiger partial charge in [-0.15, -0.1) is 12.4 Å². The molecule has 1 saturated heterocycles. The Bertz CT molecular complexity index is 1000. The zero-order valence-electron chi connectivity index (χ0n) is 18.8. The third kappa shape index (κ3) is 5.67. The molecular weight excluding hydrogens is 468 g/mol. The number of nitrogens with zero attached hydrogens (tertiary/aromatic N) is 1. The number of hydroxylamine groups is 1. The molecule has 1 heterocycles. The topological polar surface area (TPSA) is 105 Å². The Labute approximate surface area is 201 Å². The van der Waals surface area contributed by atoms with Crippen LogP contribution in [0, 0.1) is 0 Å². The van der Waals surface area contributed by atoms with Crippen LogP contribution in [0.25, 0.3) is 11.1 Å². The first-order valence-corrected chi connectivity index (χ1v) is 12.1. The number of benzene rings is 2. The number of hydrogen-bond donors (Lipinski definition) is 2. The predicted octanol–water partition coefficient (Wildman–Crippen LogP) is 2.93. The van der Waals surface area contributed by atoms with E-state index in [9.17, 15) is 18.4 Å². The van der Waals surface area contributed by atoms with Crippen LogP contribution in [0.4, 0.5) is 0 Å². The molecule has 1 amide bonds. The van der Waals surface area contributed by atoms with E-state index in [1.807, 2.05) is 31.2 Å². The average Bonchev–Trinajstić information content (AvgIpc) is 2.84. The third-order valence-corrected chi connectivity index (χ3v) is 8.56. The van der Waals surface area contributed by atoms with Crippen LogP contribution < -0.4 is 10.2 Å². The monoisotopic (exact) mass is 498 g/mol. The number of carbonyl (C=O) groups is 1. The molecule has 2 N–H and O–H groups in total. The molecule has 2 aromatic rings. The van der Waals surface area contributed by atoms with Crippen molar-refractivity contribution < 1.29 is 27.9 Å². The minimum atomic E-state index is -4.02. The number of halogens is 1. The van der Waals surface area contributed by atoms with Gasteiger partial charge >= 0.3 is 0 Å². The zero-order chi connectivity index (χ0) is 23.2. The predicted molar refractivity (Wildman–Crippen MR) is 128 cm³/mol. The summed E-state index contributed by atoms with van der Waals surface area (Å²) in [5, 5.41) is 9.27. The second-order valence-electron chi connectivity index (χ2n) is 7.76. The maximum absolute atomic E-state index is 13.5. The van der Waals surface area contributed by atoms with Crippen molar-refractivity contribution in [3.05, 3.63) is 48.5 Å². The van der Waals surface area contributed by atoms with Crippen molar-refractivity contribution in [1.82, 2.24) is 10.4 Å². The molecule has 10 heteroatoms. The van der Waals surface area contributed by atoms with Gasteiger partial charge in [0.1, 0.15) is 12.4 Å². The third-order valence-electron chi connectivity index (χ3n) is 6.05. The molecule has 0 saturated carbocycles. The highest BCUT2D eigenvalue weighted by Crippen LogP contribution is 2.36. The average molecular weight is 499 g/mol. The lowest BCUT2D eigenvalue weighted by molar-refractivity contribution is -0.133. The van der Waals surface area contributed by atoms with Crippen molar-refractivity contribution in [2.75, 3.05) is 40.0 Å². The summed E-state index contributed by atoms with van der Waals surface area (Å²) in [7, 11) is -2.40. The summed E-state index contributed by atoms with van der Waals surface area (Å²) in [5.41, 5.74) is 3.34. The lowest BCUT2D eigenvalue weighted by Crippen LogP contribution is -2.57. The molecule has 0 spiro atoms. The summed E-state index contributed by atoms with van der Waals surface area (Å²) in [6.07, 6.45) is 0.254. The van der Waals surface area contributed by atoms with Gasteiger partial charge in [0.05, 0.1) is 11.5 Å². The molecule has 8 nitrogen and oxygen atoms in total. The number of sulfone groups is 1. The van der Waals surface area contributed by atoms with Crippen LogP contribution in [0.15, 0.2) is 53.4 Å². The van der Waals surface area contributed by atoms with Crippen molar-refractivity contribution in [2.45, 2.75) is 29.4 Å². The molecule has 1 aliphatic rings. The van der Waals surface area contributed by atoms with E-state index < -0.39 is 20.5 Å². The standard InChI is InChI=1S/C23H30N2O6S.ClH/c1-3-25-14-12-23(13-15-25,22(26)24-27)32(28,29)21-10-6-19(7-11-21)18-4-8-20(9-5-18)31-17-16-30-2;/h4-11,27H,3,12-17H2,1-2H3,(H,24,26);1H. The number of rotatable bonds is 9. The van der Waals surface area contributed by atoms with Crippen LogP contribution in [0.3, 0.4) is 0 Å². The number of nitrogens with one attached hydrogen (secondary N) is 1. The molecule has 2 aromatic carbocycles. The molecule has 33 heavy (non-hydrogen) atoms. The van der Waals surface area contributed by atoms with Crippen LogP contribution in [0.1, 0.15) is 19.8 Å².